The van der Waals surface area contributed by atoms with Gasteiger partial charge in [-0.2, -0.15) is 0 Å². The van der Waals surface area contributed by atoms with Crippen LogP contribution in [-0.2, 0) is 6.54 Å². The number of nitrogens with zero attached hydrogens (tertiary/aromatic N) is 2. The number of aromatic nitrogens is 2. The molecular weight excluding hydrogens is 292 g/mol. The molecule has 0 N–H and O–H groups in total. The summed E-state index contributed by atoms with van der Waals surface area (Å²) in [6.45, 7) is 0.890. The molecule has 0 atom stereocenters. The maximum absolute atomic E-state index is 4.99. The Balaban J connectivity index is 1.65. The van der Waals surface area contributed by atoms with Crippen LogP contribution >= 0.6 is 0 Å². The molecule has 1 aromatic heterocycles. The summed E-state index contributed by atoms with van der Waals surface area (Å²) < 4.78 is 2.42. The van der Waals surface area contributed by atoms with E-state index in [9.17, 15) is 0 Å². The fourth-order valence-corrected chi connectivity index (χ4v) is 3.82. The first-order valence-electron chi connectivity index (χ1n) is 9.08. The van der Waals surface area contributed by atoms with E-state index in [1.165, 1.54) is 49.0 Å². The lowest BCUT2D eigenvalue weighted by atomic mass is 9.88. The Hall–Kier alpha value is -2.35. The number of fused-ring (bicyclic) bond motifs is 1. The van der Waals surface area contributed by atoms with Gasteiger partial charge in [0, 0.05) is 12.5 Å². The first-order chi connectivity index (χ1) is 11.9. The molecule has 2 nitrogen and oxygen atoms in total. The van der Waals surface area contributed by atoms with Gasteiger partial charge in [-0.3, -0.25) is 0 Å². The topological polar surface area (TPSA) is 17.8 Å². The Kier molecular flexibility index (Phi) is 4.46. The minimum absolute atomic E-state index is 0.622. The third-order valence-electron chi connectivity index (χ3n) is 5.05. The minimum atomic E-state index is 0.622. The van der Waals surface area contributed by atoms with Crippen LogP contribution in [-0.4, -0.2) is 9.55 Å². The van der Waals surface area contributed by atoms with E-state index in [2.05, 4.69) is 71.3 Å². The van der Waals surface area contributed by atoms with Gasteiger partial charge in [0.25, 0.3) is 0 Å². The van der Waals surface area contributed by atoms with Gasteiger partial charge in [-0.15, -0.1) is 0 Å². The van der Waals surface area contributed by atoms with Crippen LogP contribution in [0.5, 0.6) is 0 Å². The number of hydrogen-bond donors (Lipinski definition) is 0. The van der Waals surface area contributed by atoms with Crippen molar-refractivity contribution in [2.45, 2.75) is 44.6 Å². The molecule has 2 aromatic carbocycles. The average molecular weight is 316 g/mol. The second-order valence-electron chi connectivity index (χ2n) is 6.72. The molecular formula is C22H24N2. The van der Waals surface area contributed by atoms with Crippen LogP contribution in [0.4, 0.5) is 0 Å². The minimum Gasteiger partial charge on any atom is -0.324 e. The molecule has 2 heteroatoms. The summed E-state index contributed by atoms with van der Waals surface area (Å²) in [4.78, 5) is 4.99. The molecule has 0 radical (unpaired) electrons. The molecule has 0 amide bonds. The number of hydrogen-bond acceptors (Lipinski definition) is 1. The van der Waals surface area contributed by atoms with Crippen molar-refractivity contribution >= 4 is 17.1 Å². The van der Waals surface area contributed by atoms with E-state index in [0.29, 0.717) is 5.92 Å². The SMILES string of the molecule is C(=C\c1ccccc1)/Cn1c(C2CCCCC2)nc2ccccc21. The second-order valence-corrected chi connectivity index (χ2v) is 6.72. The second kappa shape index (κ2) is 7.04. The van der Waals surface area contributed by atoms with Crippen LogP contribution in [0, 0.1) is 0 Å². The van der Waals surface area contributed by atoms with E-state index in [0.717, 1.165) is 12.1 Å². The molecule has 3 aromatic rings. The van der Waals surface area contributed by atoms with Crippen LogP contribution in [0.25, 0.3) is 17.1 Å². The molecule has 1 saturated carbocycles. The van der Waals surface area contributed by atoms with E-state index < -0.39 is 0 Å². The molecule has 1 aliphatic carbocycles. The van der Waals surface area contributed by atoms with Crippen molar-refractivity contribution in [3.05, 3.63) is 72.1 Å². The zero-order chi connectivity index (χ0) is 16.2. The van der Waals surface area contributed by atoms with Gasteiger partial charge in [-0.1, -0.05) is 73.9 Å². The summed E-state index contributed by atoms with van der Waals surface area (Å²) >= 11 is 0. The van der Waals surface area contributed by atoms with Crippen LogP contribution in [0.15, 0.2) is 60.7 Å². The predicted octanol–water partition coefficient (Wildman–Crippen LogP) is 5.80. The van der Waals surface area contributed by atoms with Gasteiger partial charge in [-0.25, -0.2) is 4.98 Å². The summed E-state index contributed by atoms with van der Waals surface area (Å²) in [6, 6.07) is 19.1. The van der Waals surface area contributed by atoms with Crippen LogP contribution in [0.2, 0.25) is 0 Å². The highest BCUT2D eigenvalue weighted by Crippen LogP contribution is 2.33. The van der Waals surface area contributed by atoms with Crippen LogP contribution in [0.3, 0.4) is 0 Å². The Bertz CT molecular complexity index is 824. The molecule has 122 valence electrons. The fraction of sp³-hybridized carbons (Fsp3) is 0.318. The molecule has 1 aliphatic rings. The van der Waals surface area contributed by atoms with Crippen LogP contribution in [0.1, 0.15) is 49.4 Å². The van der Waals surface area contributed by atoms with Crippen molar-refractivity contribution in [2.75, 3.05) is 0 Å². The number of allylic oxidation sites excluding steroid dienone is 1. The third kappa shape index (κ3) is 3.14. The Morgan fingerprint density at radius 1 is 0.917 bits per heavy atom. The molecule has 1 fully saturated rings. The van der Waals surface area contributed by atoms with E-state index in [1.54, 1.807) is 0 Å². The van der Waals surface area contributed by atoms with Crippen molar-refractivity contribution in [3.63, 3.8) is 0 Å². The number of rotatable bonds is 4. The standard InChI is InChI=1S/C22H24N2/c1-3-10-18(11-4-1)12-9-17-24-21-16-8-7-15-20(21)23-22(24)19-13-5-2-6-14-19/h1,3-4,7-12,15-16,19H,2,5-6,13-14,17H2/b12-9+. The highest BCUT2D eigenvalue weighted by molar-refractivity contribution is 5.76. The molecule has 0 unspecified atom stereocenters. The summed E-state index contributed by atoms with van der Waals surface area (Å²) in [5.41, 5.74) is 3.64. The summed E-state index contributed by atoms with van der Waals surface area (Å²) in [6.07, 6.45) is 11.1. The lowest BCUT2D eigenvalue weighted by Gasteiger charge is -2.22. The summed E-state index contributed by atoms with van der Waals surface area (Å²) in [5.74, 6) is 1.91. The molecule has 4 rings (SSSR count). The Labute approximate surface area is 143 Å². The fourth-order valence-electron chi connectivity index (χ4n) is 3.82. The number of imidazole rings is 1. The Morgan fingerprint density at radius 3 is 2.50 bits per heavy atom. The maximum Gasteiger partial charge on any atom is 0.113 e. The van der Waals surface area contributed by atoms with Gasteiger partial charge in [0.1, 0.15) is 5.82 Å². The first-order valence-corrected chi connectivity index (χ1v) is 9.08. The molecule has 1 heterocycles. The maximum atomic E-state index is 4.99. The van der Waals surface area contributed by atoms with Crippen molar-refractivity contribution in [2.24, 2.45) is 0 Å². The monoisotopic (exact) mass is 316 g/mol. The van der Waals surface area contributed by atoms with E-state index in [4.69, 9.17) is 4.98 Å². The molecule has 0 spiro atoms. The van der Waals surface area contributed by atoms with Gasteiger partial charge in [-0.05, 0) is 30.5 Å². The Morgan fingerprint density at radius 2 is 1.67 bits per heavy atom. The quantitative estimate of drug-likeness (QED) is 0.595. The van der Waals surface area contributed by atoms with Gasteiger partial charge < -0.3 is 4.57 Å². The van der Waals surface area contributed by atoms with Crippen molar-refractivity contribution in [3.8, 4) is 0 Å². The van der Waals surface area contributed by atoms with Crippen molar-refractivity contribution < 1.29 is 0 Å². The highest BCUT2D eigenvalue weighted by atomic mass is 15.1. The molecule has 0 saturated heterocycles. The van der Waals surface area contributed by atoms with E-state index >= 15 is 0 Å². The summed E-state index contributed by atoms with van der Waals surface area (Å²) in [7, 11) is 0. The smallest absolute Gasteiger partial charge is 0.113 e. The van der Waals surface area contributed by atoms with Gasteiger partial charge in [0.2, 0.25) is 0 Å². The van der Waals surface area contributed by atoms with E-state index in [-0.39, 0.29) is 0 Å². The zero-order valence-corrected chi connectivity index (χ0v) is 14.1. The molecule has 0 bridgehead atoms. The predicted molar refractivity (Wildman–Crippen MR) is 101 cm³/mol. The highest BCUT2D eigenvalue weighted by Gasteiger charge is 2.21. The van der Waals surface area contributed by atoms with Gasteiger partial charge >= 0.3 is 0 Å². The number of para-hydroxylation sites is 2. The van der Waals surface area contributed by atoms with Crippen molar-refractivity contribution in [1.82, 2.24) is 9.55 Å². The lowest BCUT2D eigenvalue weighted by Crippen LogP contribution is -2.11. The van der Waals surface area contributed by atoms with Gasteiger partial charge in [0.15, 0.2) is 0 Å². The molecule has 24 heavy (non-hydrogen) atoms. The largest absolute Gasteiger partial charge is 0.324 e. The third-order valence-corrected chi connectivity index (χ3v) is 5.05. The summed E-state index contributed by atoms with van der Waals surface area (Å²) in [5, 5.41) is 0. The zero-order valence-electron chi connectivity index (χ0n) is 14.1. The number of benzene rings is 2. The first kappa shape index (κ1) is 15.2. The molecule has 0 aliphatic heterocycles. The van der Waals surface area contributed by atoms with E-state index in [1.807, 2.05) is 0 Å². The van der Waals surface area contributed by atoms with Gasteiger partial charge in [0.05, 0.1) is 11.0 Å². The van der Waals surface area contributed by atoms with Crippen LogP contribution < -0.4 is 0 Å². The van der Waals surface area contributed by atoms with Crippen molar-refractivity contribution in [1.29, 1.82) is 0 Å². The lowest BCUT2D eigenvalue weighted by molar-refractivity contribution is 0.420. The average Bonchev–Trinajstić information content (AvgIpc) is 3.02. The normalized spacial score (nSPS) is 16.2.